The van der Waals surface area contributed by atoms with E-state index in [2.05, 4.69) is 28.7 Å². The molecule has 18 heavy (non-hydrogen) atoms. The topological polar surface area (TPSA) is 29.9 Å². The molecule has 0 unspecified atom stereocenters. The molecule has 2 rings (SSSR count). The highest BCUT2D eigenvalue weighted by Gasteiger charge is 2.20. The van der Waals surface area contributed by atoms with Gasteiger partial charge in [-0.15, -0.1) is 0 Å². The SMILES string of the molecule is CCCC1CCC(NCc2cncn2CC)CC1. The predicted molar refractivity (Wildman–Crippen MR) is 75.4 cm³/mol. The third-order valence-electron chi connectivity index (χ3n) is 4.25. The standard InChI is InChI=1S/C15H27N3/c1-3-5-13-6-8-14(9-7-13)17-11-15-10-16-12-18(15)4-2/h10,12-14,17H,3-9,11H2,1-2H3. The van der Waals surface area contributed by atoms with Crippen LogP contribution in [0.4, 0.5) is 0 Å². The Labute approximate surface area is 111 Å². The van der Waals surface area contributed by atoms with E-state index in [0.29, 0.717) is 0 Å². The summed E-state index contributed by atoms with van der Waals surface area (Å²) in [5.41, 5.74) is 1.31. The molecule has 0 spiro atoms. The van der Waals surface area contributed by atoms with Crippen molar-refractivity contribution >= 4 is 0 Å². The van der Waals surface area contributed by atoms with E-state index in [9.17, 15) is 0 Å². The Hall–Kier alpha value is -0.830. The molecule has 1 fully saturated rings. The van der Waals surface area contributed by atoms with Crippen LogP contribution in [0.3, 0.4) is 0 Å². The zero-order valence-electron chi connectivity index (χ0n) is 11.9. The Morgan fingerprint density at radius 3 is 2.72 bits per heavy atom. The molecule has 1 aromatic rings. The highest BCUT2D eigenvalue weighted by Crippen LogP contribution is 2.27. The van der Waals surface area contributed by atoms with Gasteiger partial charge in [-0.05, 0) is 38.5 Å². The molecule has 1 N–H and O–H groups in total. The number of nitrogens with zero attached hydrogens (tertiary/aromatic N) is 2. The lowest BCUT2D eigenvalue weighted by Crippen LogP contribution is -2.33. The molecule has 1 aliphatic carbocycles. The van der Waals surface area contributed by atoms with Crippen molar-refractivity contribution in [1.82, 2.24) is 14.9 Å². The highest BCUT2D eigenvalue weighted by atomic mass is 15.1. The lowest BCUT2D eigenvalue weighted by Gasteiger charge is -2.29. The number of hydrogen-bond acceptors (Lipinski definition) is 2. The summed E-state index contributed by atoms with van der Waals surface area (Å²) >= 11 is 0. The van der Waals surface area contributed by atoms with Crippen molar-refractivity contribution in [3.63, 3.8) is 0 Å². The number of nitrogens with one attached hydrogen (secondary N) is 1. The van der Waals surface area contributed by atoms with Gasteiger partial charge in [-0.25, -0.2) is 4.98 Å². The van der Waals surface area contributed by atoms with E-state index in [0.717, 1.165) is 25.0 Å². The number of aryl methyl sites for hydroxylation is 1. The summed E-state index contributed by atoms with van der Waals surface area (Å²) in [4.78, 5) is 4.22. The van der Waals surface area contributed by atoms with Gasteiger partial charge in [0.1, 0.15) is 0 Å². The third-order valence-corrected chi connectivity index (χ3v) is 4.25. The van der Waals surface area contributed by atoms with Crippen molar-refractivity contribution < 1.29 is 0 Å². The van der Waals surface area contributed by atoms with Crippen molar-refractivity contribution in [2.45, 2.75) is 71.5 Å². The third kappa shape index (κ3) is 3.58. The maximum Gasteiger partial charge on any atom is 0.0948 e. The second-order valence-corrected chi connectivity index (χ2v) is 5.56. The highest BCUT2D eigenvalue weighted by molar-refractivity contribution is 4.98. The van der Waals surface area contributed by atoms with Crippen molar-refractivity contribution in [1.29, 1.82) is 0 Å². The van der Waals surface area contributed by atoms with Crippen LogP contribution >= 0.6 is 0 Å². The summed E-state index contributed by atoms with van der Waals surface area (Å²) in [6, 6.07) is 0.721. The van der Waals surface area contributed by atoms with Crippen LogP contribution in [0.25, 0.3) is 0 Å². The number of imidazole rings is 1. The van der Waals surface area contributed by atoms with Gasteiger partial charge in [0.15, 0.2) is 0 Å². The maximum atomic E-state index is 4.22. The molecule has 0 aliphatic heterocycles. The number of hydrogen-bond donors (Lipinski definition) is 1. The van der Waals surface area contributed by atoms with Crippen molar-refractivity contribution in [3.8, 4) is 0 Å². The van der Waals surface area contributed by atoms with Crippen molar-refractivity contribution in [3.05, 3.63) is 18.2 Å². The summed E-state index contributed by atoms with van der Waals surface area (Å²) in [6.07, 6.45) is 12.2. The first-order valence-corrected chi connectivity index (χ1v) is 7.55. The molecular formula is C15H27N3. The van der Waals surface area contributed by atoms with Gasteiger partial charge in [0.25, 0.3) is 0 Å². The van der Waals surface area contributed by atoms with E-state index < -0.39 is 0 Å². The smallest absolute Gasteiger partial charge is 0.0948 e. The Balaban J connectivity index is 1.72. The summed E-state index contributed by atoms with van der Waals surface area (Å²) in [7, 11) is 0. The molecule has 3 nitrogen and oxygen atoms in total. The molecule has 0 amide bonds. The second-order valence-electron chi connectivity index (χ2n) is 5.56. The monoisotopic (exact) mass is 249 g/mol. The number of rotatable bonds is 6. The van der Waals surface area contributed by atoms with Crippen LogP contribution in [0.5, 0.6) is 0 Å². The first-order valence-electron chi connectivity index (χ1n) is 7.55. The van der Waals surface area contributed by atoms with Crippen molar-refractivity contribution in [2.24, 2.45) is 5.92 Å². The van der Waals surface area contributed by atoms with E-state index in [1.165, 1.54) is 44.2 Å². The lowest BCUT2D eigenvalue weighted by atomic mass is 9.83. The van der Waals surface area contributed by atoms with Gasteiger partial charge < -0.3 is 9.88 Å². The van der Waals surface area contributed by atoms with Crippen LogP contribution in [0.2, 0.25) is 0 Å². The fourth-order valence-corrected chi connectivity index (χ4v) is 3.09. The molecule has 102 valence electrons. The van der Waals surface area contributed by atoms with E-state index >= 15 is 0 Å². The summed E-state index contributed by atoms with van der Waals surface area (Å²) < 4.78 is 2.22. The average molecular weight is 249 g/mol. The van der Waals surface area contributed by atoms with Crippen molar-refractivity contribution in [2.75, 3.05) is 0 Å². The quantitative estimate of drug-likeness (QED) is 0.838. The fraction of sp³-hybridized carbons (Fsp3) is 0.800. The minimum atomic E-state index is 0.721. The Morgan fingerprint density at radius 1 is 1.28 bits per heavy atom. The van der Waals surface area contributed by atoms with Gasteiger partial charge >= 0.3 is 0 Å². The largest absolute Gasteiger partial charge is 0.334 e. The molecule has 0 atom stereocenters. The molecule has 3 heteroatoms. The summed E-state index contributed by atoms with van der Waals surface area (Å²) in [5.74, 6) is 0.995. The van der Waals surface area contributed by atoms with Gasteiger partial charge in [0.05, 0.1) is 12.0 Å². The van der Waals surface area contributed by atoms with Gasteiger partial charge in [-0.2, -0.15) is 0 Å². The molecule has 0 aromatic carbocycles. The second kappa shape index (κ2) is 6.93. The Morgan fingerprint density at radius 2 is 2.06 bits per heavy atom. The van der Waals surface area contributed by atoms with Crippen LogP contribution in [0.15, 0.2) is 12.5 Å². The van der Waals surface area contributed by atoms with Gasteiger partial charge in [0.2, 0.25) is 0 Å². The van der Waals surface area contributed by atoms with Gasteiger partial charge in [0, 0.05) is 25.3 Å². The summed E-state index contributed by atoms with van der Waals surface area (Å²) in [6.45, 7) is 6.45. The minimum absolute atomic E-state index is 0.721. The average Bonchev–Trinajstić information content (AvgIpc) is 2.86. The maximum absolute atomic E-state index is 4.22. The minimum Gasteiger partial charge on any atom is -0.334 e. The zero-order chi connectivity index (χ0) is 12.8. The number of aromatic nitrogens is 2. The van der Waals surface area contributed by atoms with Crippen LogP contribution in [0, 0.1) is 5.92 Å². The molecule has 0 radical (unpaired) electrons. The fourth-order valence-electron chi connectivity index (χ4n) is 3.09. The van der Waals surface area contributed by atoms with Gasteiger partial charge in [-0.3, -0.25) is 0 Å². The molecule has 1 aliphatic rings. The van der Waals surface area contributed by atoms with E-state index in [1.807, 2.05) is 12.5 Å². The molecule has 0 saturated heterocycles. The van der Waals surface area contributed by atoms with Crippen LogP contribution in [-0.4, -0.2) is 15.6 Å². The van der Waals surface area contributed by atoms with E-state index in [1.54, 1.807) is 0 Å². The Bertz CT molecular complexity index is 337. The molecular weight excluding hydrogens is 222 g/mol. The molecule has 0 bridgehead atoms. The van der Waals surface area contributed by atoms with E-state index in [-0.39, 0.29) is 0 Å². The van der Waals surface area contributed by atoms with Crippen LogP contribution < -0.4 is 5.32 Å². The zero-order valence-corrected chi connectivity index (χ0v) is 11.9. The molecule has 1 heterocycles. The van der Waals surface area contributed by atoms with Gasteiger partial charge in [-0.1, -0.05) is 19.8 Å². The van der Waals surface area contributed by atoms with E-state index in [4.69, 9.17) is 0 Å². The van der Waals surface area contributed by atoms with Crippen LogP contribution in [0.1, 0.15) is 58.1 Å². The first kappa shape index (κ1) is 13.6. The summed E-state index contributed by atoms with van der Waals surface area (Å²) in [5, 5.41) is 3.70. The Kier molecular flexibility index (Phi) is 5.24. The predicted octanol–water partition coefficient (Wildman–Crippen LogP) is 3.35. The molecule has 1 saturated carbocycles. The lowest BCUT2D eigenvalue weighted by molar-refractivity contribution is 0.276. The van der Waals surface area contributed by atoms with Crippen LogP contribution in [-0.2, 0) is 13.1 Å². The molecule has 1 aromatic heterocycles. The first-order chi connectivity index (χ1) is 8.83. The normalized spacial score (nSPS) is 24.3.